The summed E-state index contributed by atoms with van der Waals surface area (Å²) < 4.78 is 0. The largest absolute Gasteiger partial charge is 0.357 e. The van der Waals surface area contributed by atoms with Crippen LogP contribution in [-0.2, 0) is 4.79 Å². The van der Waals surface area contributed by atoms with Gasteiger partial charge in [0.25, 0.3) is 0 Å². The zero-order valence-electron chi connectivity index (χ0n) is 15.0. The Hall–Kier alpha value is -1.26. The second-order valence-electron chi connectivity index (χ2n) is 6.87. The lowest BCUT2D eigenvalue weighted by atomic mass is 10.1. The van der Waals surface area contributed by atoms with Gasteiger partial charge in [-0.2, -0.15) is 0 Å². The van der Waals surface area contributed by atoms with Crippen molar-refractivity contribution < 1.29 is 4.79 Å². The van der Waals surface area contributed by atoms with Gasteiger partial charge in [0.1, 0.15) is 0 Å². The van der Waals surface area contributed by atoms with Crippen molar-refractivity contribution >= 4 is 11.9 Å². The zero-order valence-corrected chi connectivity index (χ0v) is 15.0. The average molecular weight is 310 g/mol. The SMILES string of the molecule is CCNC(=NCCCC(C)C)NC1CCN(C(=O)C(C)C)C1. The van der Waals surface area contributed by atoms with Gasteiger partial charge in [-0.05, 0) is 32.1 Å². The molecule has 1 aliphatic rings. The van der Waals surface area contributed by atoms with Gasteiger partial charge in [-0.3, -0.25) is 9.79 Å². The van der Waals surface area contributed by atoms with E-state index in [1.165, 1.54) is 6.42 Å². The summed E-state index contributed by atoms with van der Waals surface area (Å²) in [6, 6.07) is 0.311. The van der Waals surface area contributed by atoms with Crippen LogP contribution in [0.15, 0.2) is 4.99 Å². The average Bonchev–Trinajstić information content (AvgIpc) is 2.91. The van der Waals surface area contributed by atoms with Crippen molar-refractivity contribution in [3.63, 3.8) is 0 Å². The topological polar surface area (TPSA) is 56.7 Å². The summed E-state index contributed by atoms with van der Waals surface area (Å²) in [5.74, 6) is 1.95. The molecule has 5 heteroatoms. The van der Waals surface area contributed by atoms with E-state index >= 15 is 0 Å². The number of carbonyl (C=O) groups excluding carboxylic acids is 1. The zero-order chi connectivity index (χ0) is 16.5. The maximum atomic E-state index is 12.0. The first-order valence-corrected chi connectivity index (χ1v) is 8.77. The molecule has 0 saturated carbocycles. The summed E-state index contributed by atoms with van der Waals surface area (Å²) in [7, 11) is 0. The van der Waals surface area contributed by atoms with Crippen molar-refractivity contribution in [2.45, 2.75) is 59.9 Å². The molecule has 0 aromatic rings. The molecule has 1 saturated heterocycles. The van der Waals surface area contributed by atoms with Crippen molar-refractivity contribution in [1.82, 2.24) is 15.5 Å². The van der Waals surface area contributed by atoms with Gasteiger partial charge in [0, 0.05) is 38.1 Å². The summed E-state index contributed by atoms with van der Waals surface area (Å²) in [6.07, 6.45) is 3.33. The number of amides is 1. The van der Waals surface area contributed by atoms with Crippen molar-refractivity contribution in [2.75, 3.05) is 26.2 Å². The van der Waals surface area contributed by atoms with Crippen LogP contribution in [0.2, 0.25) is 0 Å². The van der Waals surface area contributed by atoms with Gasteiger partial charge in [0.15, 0.2) is 5.96 Å². The quantitative estimate of drug-likeness (QED) is 0.431. The minimum Gasteiger partial charge on any atom is -0.357 e. The van der Waals surface area contributed by atoms with Gasteiger partial charge in [0.05, 0.1) is 0 Å². The second-order valence-corrected chi connectivity index (χ2v) is 6.87. The van der Waals surface area contributed by atoms with Crippen LogP contribution in [0.5, 0.6) is 0 Å². The number of aliphatic imine (C=N–C) groups is 1. The molecule has 1 heterocycles. The summed E-state index contributed by atoms with van der Waals surface area (Å²) in [4.78, 5) is 18.6. The lowest BCUT2D eigenvalue weighted by Crippen LogP contribution is -2.45. The van der Waals surface area contributed by atoms with E-state index in [0.29, 0.717) is 6.04 Å². The number of carbonyl (C=O) groups is 1. The highest BCUT2D eigenvalue weighted by atomic mass is 16.2. The van der Waals surface area contributed by atoms with Gasteiger partial charge in [-0.25, -0.2) is 0 Å². The van der Waals surface area contributed by atoms with Crippen LogP contribution in [0.4, 0.5) is 0 Å². The van der Waals surface area contributed by atoms with Crippen molar-refractivity contribution in [2.24, 2.45) is 16.8 Å². The fourth-order valence-corrected chi connectivity index (χ4v) is 2.65. The Balaban J connectivity index is 2.43. The second kappa shape index (κ2) is 9.70. The molecule has 22 heavy (non-hydrogen) atoms. The number of nitrogens with one attached hydrogen (secondary N) is 2. The monoisotopic (exact) mass is 310 g/mol. The van der Waals surface area contributed by atoms with Crippen molar-refractivity contribution in [1.29, 1.82) is 0 Å². The number of hydrogen-bond donors (Lipinski definition) is 2. The lowest BCUT2D eigenvalue weighted by Gasteiger charge is -2.20. The Morgan fingerprint density at radius 2 is 2.05 bits per heavy atom. The first-order valence-electron chi connectivity index (χ1n) is 8.77. The normalized spacial score (nSPS) is 19.1. The van der Waals surface area contributed by atoms with E-state index in [1.54, 1.807) is 0 Å². The predicted molar refractivity (Wildman–Crippen MR) is 93.0 cm³/mol. The van der Waals surface area contributed by atoms with Gasteiger partial charge >= 0.3 is 0 Å². The summed E-state index contributed by atoms with van der Waals surface area (Å²) in [6.45, 7) is 13.8. The molecule has 1 amide bonds. The van der Waals surface area contributed by atoms with Crippen LogP contribution in [0.3, 0.4) is 0 Å². The van der Waals surface area contributed by atoms with E-state index in [4.69, 9.17) is 0 Å². The van der Waals surface area contributed by atoms with Crippen LogP contribution >= 0.6 is 0 Å². The number of guanidine groups is 1. The molecule has 1 rings (SSSR count). The molecule has 2 N–H and O–H groups in total. The van der Waals surface area contributed by atoms with Crippen LogP contribution in [-0.4, -0.2) is 49.0 Å². The third-order valence-corrected chi connectivity index (χ3v) is 3.89. The molecule has 0 aromatic carbocycles. The van der Waals surface area contributed by atoms with Crippen LogP contribution in [0.1, 0.15) is 53.9 Å². The maximum absolute atomic E-state index is 12.0. The van der Waals surface area contributed by atoms with E-state index in [-0.39, 0.29) is 11.8 Å². The molecule has 128 valence electrons. The fourth-order valence-electron chi connectivity index (χ4n) is 2.65. The molecule has 1 atom stereocenters. The molecule has 1 aliphatic heterocycles. The molecular formula is C17H34N4O. The van der Waals surface area contributed by atoms with E-state index in [2.05, 4.69) is 36.4 Å². The van der Waals surface area contributed by atoms with E-state index in [1.807, 2.05) is 18.7 Å². The Morgan fingerprint density at radius 3 is 2.64 bits per heavy atom. The summed E-state index contributed by atoms with van der Waals surface area (Å²) in [5, 5.41) is 6.77. The minimum atomic E-state index is 0.0803. The third kappa shape index (κ3) is 6.67. The molecule has 0 bridgehead atoms. The maximum Gasteiger partial charge on any atom is 0.225 e. The van der Waals surface area contributed by atoms with Gasteiger partial charge in [-0.15, -0.1) is 0 Å². The Kier molecular flexibility index (Phi) is 8.28. The smallest absolute Gasteiger partial charge is 0.225 e. The van der Waals surface area contributed by atoms with Crippen LogP contribution in [0.25, 0.3) is 0 Å². The highest BCUT2D eigenvalue weighted by molar-refractivity contribution is 5.81. The summed E-state index contributed by atoms with van der Waals surface area (Å²) >= 11 is 0. The number of hydrogen-bond acceptors (Lipinski definition) is 2. The molecule has 0 aromatic heterocycles. The van der Waals surface area contributed by atoms with Crippen LogP contribution < -0.4 is 10.6 Å². The van der Waals surface area contributed by atoms with Crippen molar-refractivity contribution in [3.8, 4) is 0 Å². The highest BCUT2D eigenvalue weighted by Gasteiger charge is 2.27. The van der Waals surface area contributed by atoms with Gasteiger partial charge in [-0.1, -0.05) is 27.7 Å². The first-order chi connectivity index (χ1) is 10.4. The fraction of sp³-hybridized carbons (Fsp3) is 0.882. The Labute approximate surface area is 135 Å². The minimum absolute atomic E-state index is 0.0803. The molecule has 0 aliphatic carbocycles. The first kappa shape index (κ1) is 18.8. The number of nitrogens with zero attached hydrogens (tertiary/aromatic N) is 2. The number of rotatable bonds is 7. The molecule has 5 nitrogen and oxygen atoms in total. The standard InChI is InChI=1S/C17H34N4O/c1-6-18-17(19-10-7-8-13(2)3)20-15-9-11-21(12-15)16(22)14(4)5/h13-15H,6-12H2,1-5H3,(H2,18,19,20). The molecule has 0 radical (unpaired) electrons. The van der Waals surface area contributed by atoms with Crippen LogP contribution in [0, 0.1) is 11.8 Å². The van der Waals surface area contributed by atoms with E-state index in [0.717, 1.165) is 50.9 Å². The highest BCUT2D eigenvalue weighted by Crippen LogP contribution is 2.12. The predicted octanol–water partition coefficient (Wildman–Crippen LogP) is 2.23. The van der Waals surface area contributed by atoms with Crippen molar-refractivity contribution in [3.05, 3.63) is 0 Å². The van der Waals surface area contributed by atoms with Gasteiger partial charge < -0.3 is 15.5 Å². The molecule has 1 fully saturated rings. The third-order valence-electron chi connectivity index (χ3n) is 3.89. The molecular weight excluding hydrogens is 276 g/mol. The molecule has 0 spiro atoms. The lowest BCUT2D eigenvalue weighted by molar-refractivity contribution is -0.133. The van der Waals surface area contributed by atoms with E-state index < -0.39 is 0 Å². The number of likely N-dealkylation sites (tertiary alicyclic amines) is 1. The van der Waals surface area contributed by atoms with E-state index in [9.17, 15) is 4.79 Å². The molecule has 1 unspecified atom stereocenters. The summed E-state index contributed by atoms with van der Waals surface area (Å²) in [5.41, 5.74) is 0. The Bertz CT molecular complexity index is 366. The van der Waals surface area contributed by atoms with Gasteiger partial charge in [0.2, 0.25) is 5.91 Å². The Morgan fingerprint density at radius 1 is 1.32 bits per heavy atom.